The summed E-state index contributed by atoms with van der Waals surface area (Å²) < 4.78 is 43.6. The summed E-state index contributed by atoms with van der Waals surface area (Å²) in [5.41, 5.74) is 1.87. The van der Waals surface area contributed by atoms with Gasteiger partial charge in [-0.25, -0.2) is 4.98 Å². The minimum Gasteiger partial charge on any atom is -0.321 e. The van der Waals surface area contributed by atoms with E-state index in [1.807, 2.05) is 6.07 Å². The molecule has 1 saturated heterocycles. The summed E-state index contributed by atoms with van der Waals surface area (Å²) in [6, 6.07) is 8.04. The Bertz CT molecular complexity index is 1310. The molecule has 1 amide bonds. The lowest BCUT2D eigenvalue weighted by atomic mass is 9.92. The first-order chi connectivity index (χ1) is 17.6. The zero-order valence-corrected chi connectivity index (χ0v) is 21.4. The summed E-state index contributed by atoms with van der Waals surface area (Å²) in [4.78, 5) is 21.6. The van der Waals surface area contributed by atoms with Crippen LogP contribution in [0.1, 0.15) is 58.6 Å². The summed E-state index contributed by atoms with van der Waals surface area (Å²) in [7, 11) is 1.60. The van der Waals surface area contributed by atoms with Crippen LogP contribution in [0.5, 0.6) is 0 Å². The van der Waals surface area contributed by atoms with Crippen LogP contribution in [0, 0.1) is 5.92 Å². The van der Waals surface area contributed by atoms with Gasteiger partial charge in [0, 0.05) is 32.1 Å². The fourth-order valence-corrected chi connectivity index (χ4v) is 5.50. The molecule has 0 saturated carbocycles. The van der Waals surface area contributed by atoms with Gasteiger partial charge >= 0.3 is 6.18 Å². The van der Waals surface area contributed by atoms with Gasteiger partial charge in [-0.15, -0.1) is 10.2 Å². The van der Waals surface area contributed by atoms with Crippen molar-refractivity contribution in [2.75, 3.05) is 18.0 Å². The molecule has 2 aliphatic heterocycles. The Morgan fingerprint density at radius 3 is 2.73 bits per heavy atom. The smallest absolute Gasteiger partial charge is 0.321 e. The average molecular weight is 533 g/mol. The van der Waals surface area contributed by atoms with E-state index in [9.17, 15) is 18.0 Å². The largest absolute Gasteiger partial charge is 0.396 e. The van der Waals surface area contributed by atoms with Crippen LogP contribution in [0.2, 0.25) is 5.15 Å². The summed E-state index contributed by atoms with van der Waals surface area (Å²) in [5.74, 6) is -0.950. The number of hydrogen-bond acceptors (Lipinski definition) is 5. The normalized spacial score (nSPS) is 19.4. The number of likely N-dealkylation sites (tertiary alicyclic amines) is 1. The maximum absolute atomic E-state index is 14.0. The number of carbonyl (C=O) groups is 1. The van der Waals surface area contributed by atoms with Crippen LogP contribution in [0.15, 0.2) is 36.7 Å². The van der Waals surface area contributed by atoms with Crippen molar-refractivity contribution in [1.82, 2.24) is 24.6 Å². The molecule has 0 N–H and O–H groups in total. The van der Waals surface area contributed by atoms with E-state index in [1.54, 1.807) is 19.2 Å². The number of piperidine rings is 1. The maximum atomic E-state index is 14.0. The third-order valence-electron chi connectivity index (χ3n) is 7.19. The van der Waals surface area contributed by atoms with Crippen LogP contribution >= 0.6 is 11.6 Å². The monoisotopic (exact) mass is 532 g/mol. The highest BCUT2D eigenvalue weighted by Gasteiger charge is 2.42. The zero-order valence-electron chi connectivity index (χ0n) is 20.7. The van der Waals surface area contributed by atoms with Gasteiger partial charge in [0.2, 0.25) is 0 Å². The molecule has 1 fully saturated rings. The third kappa shape index (κ3) is 5.50. The number of benzene rings is 1. The van der Waals surface area contributed by atoms with E-state index in [-0.39, 0.29) is 41.0 Å². The summed E-state index contributed by atoms with van der Waals surface area (Å²) in [6.45, 7) is 5.17. The summed E-state index contributed by atoms with van der Waals surface area (Å²) in [6.07, 6.45) is -1.16. The van der Waals surface area contributed by atoms with E-state index in [4.69, 9.17) is 11.6 Å². The summed E-state index contributed by atoms with van der Waals surface area (Å²) in [5, 5.41) is 7.77. The maximum Gasteiger partial charge on any atom is 0.396 e. The predicted octanol–water partition coefficient (Wildman–Crippen LogP) is 5.14. The van der Waals surface area contributed by atoms with Crippen LogP contribution in [-0.2, 0) is 26.6 Å². The standard InChI is InChI=1S/C26H28ClF3N6O/c1-16-4-3-7-35(12-16)13-17-8-22(27)32-23(9-17)36-14-19-6-5-18(10-20(19)25(36)37)21(26(28,29)30)11-24-33-31-15-34(24)2/h5-6,8-10,15-16,21H,3-4,7,11-14H2,1-2H3/t16-,21-/m0/s1. The number of nitrogens with zero attached hydrogens (tertiary/aromatic N) is 6. The highest BCUT2D eigenvalue weighted by atomic mass is 35.5. The molecule has 2 aromatic heterocycles. The van der Waals surface area contributed by atoms with Crippen molar-refractivity contribution < 1.29 is 18.0 Å². The molecule has 7 nitrogen and oxygen atoms in total. The fraction of sp³-hybridized carbons (Fsp3) is 0.462. The Balaban J connectivity index is 1.39. The molecule has 3 aromatic rings. The molecule has 5 rings (SSSR count). The zero-order chi connectivity index (χ0) is 26.3. The van der Waals surface area contributed by atoms with E-state index < -0.39 is 12.1 Å². The van der Waals surface area contributed by atoms with Crippen LogP contribution in [0.3, 0.4) is 0 Å². The van der Waals surface area contributed by atoms with E-state index >= 15 is 0 Å². The molecule has 37 heavy (non-hydrogen) atoms. The Morgan fingerprint density at radius 2 is 2.03 bits per heavy atom. The van der Waals surface area contributed by atoms with Crippen molar-refractivity contribution in [3.05, 3.63) is 69.9 Å². The number of rotatable bonds is 6. The van der Waals surface area contributed by atoms with Gasteiger partial charge in [0.1, 0.15) is 23.1 Å². The van der Waals surface area contributed by atoms with Crippen molar-refractivity contribution in [3.63, 3.8) is 0 Å². The topological polar surface area (TPSA) is 67.2 Å². The van der Waals surface area contributed by atoms with E-state index in [1.165, 1.54) is 34.3 Å². The van der Waals surface area contributed by atoms with Crippen molar-refractivity contribution >= 4 is 23.3 Å². The minimum atomic E-state index is -4.52. The van der Waals surface area contributed by atoms with Gasteiger partial charge < -0.3 is 4.57 Å². The lowest BCUT2D eigenvalue weighted by Crippen LogP contribution is -2.33. The molecule has 11 heteroatoms. The van der Waals surface area contributed by atoms with Crippen molar-refractivity contribution in [1.29, 1.82) is 0 Å². The van der Waals surface area contributed by atoms with Crippen LogP contribution < -0.4 is 4.90 Å². The van der Waals surface area contributed by atoms with E-state index in [0.717, 1.165) is 25.1 Å². The van der Waals surface area contributed by atoms with E-state index in [0.29, 0.717) is 23.8 Å². The van der Waals surface area contributed by atoms with Gasteiger partial charge in [-0.3, -0.25) is 14.6 Å². The second-order valence-electron chi connectivity index (χ2n) is 10.1. The van der Waals surface area contributed by atoms with Crippen molar-refractivity contribution in [3.8, 4) is 0 Å². The number of alkyl halides is 3. The first-order valence-electron chi connectivity index (χ1n) is 12.3. The second-order valence-corrected chi connectivity index (χ2v) is 10.5. The molecule has 0 unspecified atom stereocenters. The Hall–Kier alpha value is -2.98. The number of carbonyl (C=O) groups excluding carboxylic acids is 1. The Labute approximate surface area is 218 Å². The lowest BCUT2D eigenvalue weighted by Gasteiger charge is -2.31. The number of fused-ring (bicyclic) bond motifs is 1. The van der Waals surface area contributed by atoms with Crippen molar-refractivity contribution in [2.45, 2.75) is 51.4 Å². The first kappa shape index (κ1) is 25.7. The van der Waals surface area contributed by atoms with Crippen LogP contribution in [-0.4, -0.2) is 49.8 Å². The number of pyridine rings is 1. The summed E-state index contributed by atoms with van der Waals surface area (Å²) >= 11 is 6.33. The quantitative estimate of drug-likeness (QED) is 0.411. The first-order valence-corrected chi connectivity index (χ1v) is 12.7. The highest BCUT2D eigenvalue weighted by Crippen LogP contribution is 2.39. The number of aromatic nitrogens is 4. The number of amides is 1. The van der Waals surface area contributed by atoms with Gasteiger partial charge in [-0.2, -0.15) is 13.2 Å². The predicted molar refractivity (Wildman–Crippen MR) is 133 cm³/mol. The average Bonchev–Trinajstić information content (AvgIpc) is 3.38. The minimum absolute atomic E-state index is 0.0170. The van der Waals surface area contributed by atoms with Crippen LogP contribution in [0.25, 0.3) is 0 Å². The molecule has 0 radical (unpaired) electrons. The number of aryl methyl sites for hydroxylation is 1. The molecule has 0 spiro atoms. The lowest BCUT2D eigenvalue weighted by molar-refractivity contribution is -0.150. The molecule has 2 atom stereocenters. The highest BCUT2D eigenvalue weighted by molar-refractivity contribution is 6.29. The molecule has 0 aliphatic carbocycles. The fourth-order valence-electron chi connectivity index (χ4n) is 5.27. The second kappa shape index (κ2) is 10.1. The molecule has 4 heterocycles. The van der Waals surface area contributed by atoms with Crippen molar-refractivity contribution in [2.24, 2.45) is 13.0 Å². The SMILES string of the molecule is C[C@H]1CCCN(Cc2cc(Cl)nc(N3Cc4ccc([C@H](Cc5nncn5C)C(F)(F)F)cc4C3=O)c2)C1. The Kier molecular flexibility index (Phi) is 6.97. The molecule has 0 bridgehead atoms. The molecule has 1 aromatic carbocycles. The van der Waals surface area contributed by atoms with Gasteiger partial charge in [0.15, 0.2) is 0 Å². The van der Waals surface area contributed by atoms with Gasteiger partial charge in [-0.1, -0.05) is 30.7 Å². The molecule has 196 valence electrons. The van der Waals surface area contributed by atoms with Gasteiger partial charge in [0.25, 0.3) is 5.91 Å². The van der Waals surface area contributed by atoms with Gasteiger partial charge in [0.05, 0.1) is 12.5 Å². The third-order valence-corrected chi connectivity index (χ3v) is 7.39. The number of hydrogen-bond donors (Lipinski definition) is 0. The molecule has 2 aliphatic rings. The number of anilines is 1. The van der Waals surface area contributed by atoms with E-state index in [2.05, 4.69) is 27.0 Å². The van der Waals surface area contributed by atoms with Gasteiger partial charge in [-0.05, 0) is 60.2 Å². The molecular formula is C26H28ClF3N6O. The molecular weight excluding hydrogens is 505 g/mol. The van der Waals surface area contributed by atoms with Crippen LogP contribution in [0.4, 0.5) is 19.0 Å². The number of halogens is 4. The Morgan fingerprint density at radius 1 is 1.22 bits per heavy atom.